The summed E-state index contributed by atoms with van der Waals surface area (Å²) in [5.41, 5.74) is -0.288. The maximum Gasteiger partial charge on any atom is 0.245 e. The van der Waals surface area contributed by atoms with E-state index in [1.54, 1.807) is 30.3 Å². The minimum atomic E-state index is -1.36. The Hall–Kier alpha value is -3.12. The molecule has 3 rings (SSSR count). The fourth-order valence-corrected chi connectivity index (χ4v) is 3.36. The van der Waals surface area contributed by atoms with Gasteiger partial charge in [-0.15, -0.1) is 0 Å². The van der Waals surface area contributed by atoms with Gasteiger partial charge in [0.25, 0.3) is 0 Å². The van der Waals surface area contributed by atoms with Crippen LogP contribution in [0.2, 0.25) is 0 Å². The second-order valence-electron chi connectivity index (χ2n) is 6.09. The first kappa shape index (κ1) is 18.7. The predicted molar refractivity (Wildman–Crippen MR) is 95.5 cm³/mol. The van der Waals surface area contributed by atoms with Crippen molar-refractivity contribution in [1.29, 1.82) is 0 Å². The molecule has 0 saturated heterocycles. The predicted octanol–water partition coefficient (Wildman–Crippen LogP) is 3.02. The van der Waals surface area contributed by atoms with Crippen LogP contribution in [0.5, 0.6) is 0 Å². The van der Waals surface area contributed by atoms with Gasteiger partial charge in [0.1, 0.15) is 34.5 Å². The molecule has 6 nitrogen and oxygen atoms in total. The molecule has 0 bridgehead atoms. The molecule has 136 valence electrons. The van der Waals surface area contributed by atoms with Crippen molar-refractivity contribution >= 4 is 46.1 Å². The monoisotopic (exact) mass is 384 g/mol. The highest BCUT2D eigenvalue weighted by Crippen LogP contribution is 2.40. The summed E-state index contributed by atoms with van der Waals surface area (Å²) in [6.45, 7) is 2.34. The first-order valence-corrected chi connectivity index (χ1v) is 8.34. The SMILES string of the molecule is CC(=O)C(C(C)=O)C1=C(Cl)C(=O)C(=O)c2c(C(=O)c3ccccc3)coc21. The molecule has 7 heteroatoms. The van der Waals surface area contributed by atoms with Crippen LogP contribution in [-0.2, 0) is 14.4 Å². The summed E-state index contributed by atoms with van der Waals surface area (Å²) in [6.07, 6.45) is 1.04. The number of rotatable bonds is 5. The largest absolute Gasteiger partial charge is 0.463 e. The topological polar surface area (TPSA) is 98.5 Å². The lowest BCUT2D eigenvalue weighted by molar-refractivity contribution is -0.127. The van der Waals surface area contributed by atoms with Crippen LogP contribution in [0.4, 0.5) is 0 Å². The van der Waals surface area contributed by atoms with Crippen molar-refractivity contribution in [3.05, 3.63) is 64.1 Å². The molecule has 1 aliphatic carbocycles. The number of allylic oxidation sites excluding steroid dienone is 2. The Balaban J connectivity index is 2.24. The van der Waals surface area contributed by atoms with Crippen molar-refractivity contribution in [3.8, 4) is 0 Å². The molecule has 1 aliphatic rings. The Morgan fingerprint density at radius 1 is 0.963 bits per heavy atom. The van der Waals surface area contributed by atoms with Crippen LogP contribution in [0.1, 0.15) is 45.9 Å². The summed E-state index contributed by atoms with van der Waals surface area (Å²) in [6, 6.07) is 8.12. The number of hydrogen-bond acceptors (Lipinski definition) is 6. The summed E-state index contributed by atoms with van der Waals surface area (Å²) in [5, 5.41) is -0.545. The third kappa shape index (κ3) is 2.98. The van der Waals surface area contributed by atoms with E-state index in [-0.39, 0.29) is 22.5 Å². The fourth-order valence-electron chi connectivity index (χ4n) is 3.08. The van der Waals surface area contributed by atoms with E-state index in [1.807, 2.05) is 0 Å². The highest BCUT2D eigenvalue weighted by Gasteiger charge is 2.43. The van der Waals surface area contributed by atoms with Crippen molar-refractivity contribution in [2.45, 2.75) is 13.8 Å². The van der Waals surface area contributed by atoms with Crippen molar-refractivity contribution in [3.63, 3.8) is 0 Å². The highest BCUT2D eigenvalue weighted by molar-refractivity contribution is 6.65. The van der Waals surface area contributed by atoms with Gasteiger partial charge in [0.2, 0.25) is 11.6 Å². The van der Waals surface area contributed by atoms with Gasteiger partial charge in [-0.25, -0.2) is 0 Å². The van der Waals surface area contributed by atoms with Crippen LogP contribution in [0.15, 0.2) is 46.0 Å². The minimum Gasteiger partial charge on any atom is -0.463 e. The van der Waals surface area contributed by atoms with Gasteiger partial charge in [-0.05, 0) is 13.8 Å². The molecule has 2 aromatic rings. The summed E-state index contributed by atoms with van der Waals surface area (Å²) in [7, 11) is 0. The summed E-state index contributed by atoms with van der Waals surface area (Å²) >= 11 is 6.00. The van der Waals surface area contributed by atoms with Crippen LogP contribution in [0.25, 0.3) is 5.57 Å². The third-order valence-electron chi connectivity index (χ3n) is 4.29. The van der Waals surface area contributed by atoms with E-state index in [2.05, 4.69) is 0 Å². The second kappa shape index (κ2) is 6.89. The molecule has 0 N–H and O–H groups in total. The molecule has 0 atom stereocenters. The van der Waals surface area contributed by atoms with Crippen LogP contribution in [0, 0.1) is 5.92 Å². The smallest absolute Gasteiger partial charge is 0.245 e. The van der Waals surface area contributed by atoms with E-state index in [4.69, 9.17) is 16.0 Å². The van der Waals surface area contributed by atoms with Gasteiger partial charge in [0.15, 0.2) is 5.78 Å². The number of ketones is 5. The first-order valence-electron chi connectivity index (χ1n) is 7.96. The number of carbonyl (C=O) groups excluding carboxylic acids is 5. The Morgan fingerprint density at radius 2 is 1.56 bits per heavy atom. The fraction of sp³-hybridized carbons (Fsp3) is 0.150. The molecule has 0 radical (unpaired) electrons. The van der Waals surface area contributed by atoms with Crippen LogP contribution >= 0.6 is 11.6 Å². The lowest BCUT2D eigenvalue weighted by Gasteiger charge is -2.19. The van der Waals surface area contributed by atoms with Crippen molar-refractivity contribution < 1.29 is 28.4 Å². The van der Waals surface area contributed by atoms with E-state index in [0.717, 1.165) is 6.26 Å². The van der Waals surface area contributed by atoms with E-state index in [9.17, 15) is 24.0 Å². The lowest BCUT2D eigenvalue weighted by Crippen LogP contribution is -2.29. The highest BCUT2D eigenvalue weighted by atomic mass is 35.5. The maximum atomic E-state index is 12.8. The molecular formula is C20H13ClO6. The Morgan fingerprint density at radius 3 is 2.11 bits per heavy atom. The van der Waals surface area contributed by atoms with Crippen molar-refractivity contribution in [1.82, 2.24) is 0 Å². The standard InChI is InChI=1S/C20H13ClO6/c1-9(22)13(10(2)23)15-16(21)19(26)18(25)14-12(8-27-20(14)15)17(24)11-6-4-3-5-7-11/h3-8,13H,1-2H3. The zero-order chi connectivity index (χ0) is 19.9. The molecule has 27 heavy (non-hydrogen) atoms. The number of hydrogen-bond donors (Lipinski definition) is 0. The van der Waals surface area contributed by atoms with Gasteiger partial charge in [0.05, 0.1) is 11.1 Å². The molecule has 0 fully saturated rings. The van der Waals surface area contributed by atoms with Crippen molar-refractivity contribution in [2.24, 2.45) is 5.92 Å². The van der Waals surface area contributed by atoms with Crippen LogP contribution in [0.3, 0.4) is 0 Å². The Kier molecular flexibility index (Phi) is 4.76. The van der Waals surface area contributed by atoms with Gasteiger partial charge >= 0.3 is 0 Å². The number of carbonyl (C=O) groups is 5. The quantitative estimate of drug-likeness (QED) is 0.446. The van der Waals surface area contributed by atoms with Gasteiger partial charge in [-0.1, -0.05) is 41.9 Å². The van der Waals surface area contributed by atoms with Crippen LogP contribution < -0.4 is 0 Å². The van der Waals surface area contributed by atoms with Crippen molar-refractivity contribution in [2.75, 3.05) is 0 Å². The van der Waals surface area contributed by atoms with Gasteiger partial charge in [-0.3, -0.25) is 24.0 Å². The molecule has 1 aromatic heterocycles. The van der Waals surface area contributed by atoms with Gasteiger partial charge in [0, 0.05) is 11.1 Å². The molecule has 0 amide bonds. The molecule has 1 heterocycles. The first-order chi connectivity index (χ1) is 12.8. The number of Topliss-reactive ketones (excluding diaryl/α,β-unsaturated/α-hetero) is 4. The zero-order valence-corrected chi connectivity index (χ0v) is 15.1. The van der Waals surface area contributed by atoms with E-state index >= 15 is 0 Å². The lowest BCUT2D eigenvalue weighted by atomic mass is 9.82. The average molecular weight is 385 g/mol. The minimum absolute atomic E-state index is 0.123. The van der Waals surface area contributed by atoms with Crippen LogP contribution in [-0.4, -0.2) is 28.9 Å². The van der Waals surface area contributed by atoms with Gasteiger partial charge < -0.3 is 4.42 Å². The summed E-state index contributed by atoms with van der Waals surface area (Å²) in [4.78, 5) is 61.5. The van der Waals surface area contributed by atoms with E-state index < -0.39 is 39.9 Å². The number of benzene rings is 1. The Labute approximate surface area is 158 Å². The molecule has 1 aromatic carbocycles. The molecule has 0 aliphatic heterocycles. The number of furan rings is 1. The number of halogens is 1. The maximum absolute atomic E-state index is 12.8. The van der Waals surface area contributed by atoms with Gasteiger partial charge in [-0.2, -0.15) is 0 Å². The molecule has 0 spiro atoms. The average Bonchev–Trinajstić information content (AvgIpc) is 3.07. The Bertz CT molecular complexity index is 1030. The number of fused-ring (bicyclic) bond motifs is 1. The molecule has 0 unspecified atom stereocenters. The molecule has 0 saturated carbocycles. The molecular weight excluding hydrogens is 372 g/mol. The zero-order valence-electron chi connectivity index (χ0n) is 14.4. The summed E-state index contributed by atoms with van der Waals surface area (Å²) in [5.74, 6) is -5.31. The summed E-state index contributed by atoms with van der Waals surface area (Å²) < 4.78 is 5.37. The van der Waals surface area contributed by atoms with E-state index in [0.29, 0.717) is 5.56 Å². The normalized spacial score (nSPS) is 13.8. The third-order valence-corrected chi connectivity index (χ3v) is 4.66. The second-order valence-corrected chi connectivity index (χ2v) is 6.47. The van der Waals surface area contributed by atoms with E-state index in [1.165, 1.54) is 13.8 Å².